The van der Waals surface area contributed by atoms with Crippen molar-refractivity contribution in [2.75, 3.05) is 18.5 Å². The van der Waals surface area contributed by atoms with E-state index in [2.05, 4.69) is 54.4 Å². The molecule has 0 saturated carbocycles. The van der Waals surface area contributed by atoms with Crippen molar-refractivity contribution in [2.24, 2.45) is 5.10 Å². The number of rotatable bonds is 10. The van der Waals surface area contributed by atoms with Crippen LogP contribution >= 0.6 is 38.5 Å². The molecule has 2 N–H and O–H groups in total. The van der Waals surface area contributed by atoms with Crippen LogP contribution in [0.15, 0.2) is 70.2 Å². The number of benzene rings is 3. The summed E-state index contributed by atoms with van der Waals surface area (Å²) in [6, 6.07) is 16.0. The Morgan fingerprint density at radius 1 is 1.11 bits per heavy atom. The maximum Gasteiger partial charge on any atom is 0.416 e. The maximum absolute atomic E-state index is 12.8. The Hall–Kier alpha value is -2.80. The number of anilines is 1. The predicted octanol–water partition coefficient (Wildman–Crippen LogP) is 6.61. The number of nitrogens with zero attached hydrogens (tertiary/aromatic N) is 1. The lowest BCUT2D eigenvalue weighted by atomic mass is 10.2. The second-order valence-electron chi connectivity index (χ2n) is 7.40. The van der Waals surface area contributed by atoms with E-state index in [1.54, 1.807) is 6.07 Å². The fourth-order valence-corrected chi connectivity index (χ4v) is 4.05. The summed E-state index contributed by atoms with van der Waals surface area (Å²) in [5.74, 6) is 0.630. The molecule has 0 saturated heterocycles. The fraction of sp³-hybridized carbons (Fsp3) is 0.200. The molecule has 1 amide bonds. The molecule has 0 aliphatic carbocycles. The topological polar surface area (TPSA) is 72.0 Å². The molecule has 0 spiro atoms. The molecule has 3 aromatic rings. The molecule has 0 atom stereocenters. The van der Waals surface area contributed by atoms with E-state index >= 15 is 0 Å². The lowest BCUT2D eigenvalue weighted by molar-refractivity contribution is -0.137. The smallest absolute Gasteiger partial charge is 0.416 e. The van der Waals surface area contributed by atoms with E-state index < -0.39 is 17.6 Å². The molecule has 190 valence electrons. The summed E-state index contributed by atoms with van der Waals surface area (Å²) < 4.78 is 52.0. The van der Waals surface area contributed by atoms with Gasteiger partial charge < -0.3 is 14.8 Å². The van der Waals surface area contributed by atoms with Crippen molar-refractivity contribution in [3.8, 4) is 11.5 Å². The van der Waals surface area contributed by atoms with Gasteiger partial charge in [0.2, 0.25) is 0 Å². The van der Waals surface area contributed by atoms with Crippen molar-refractivity contribution in [3.63, 3.8) is 0 Å². The number of amides is 1. The molecule has 3 aromatic carbocycles. The average molecular weight is 676 g/mol. The highest BCUT2D eigenvalue weighted by Crippen LogP contribution is 2.34. The maximum atomic E-state index is 12.8. The predicted molar refractivity (Wildman–Crippen MR) is 144 cm³/mol. The van der Waals surface area contributed by atoms with Gasteiger partial charge in [-0.1, -0.05) is 34.1 Å². The second kappa shape index (κ2) is 12.9. The third-order valence-electron chi connectivity index (χ3n) is 4.67. The van der Waals surface area contributed by atoms with Crippen molar-refractivity contribution >= 4 is 56.3 Å². The summed E-state index contributed by atoms with van der Waals surface area (Å²) in [6.45, 7) is 2.42. The van der Waals surface area contributed by atoms with Crippen molar-refractivity contribution in [1.29, 1.82) is 0 Å². The van der Waals surface area contributed by atoms with Crippen molar-refractivity contribution in [3.05, 3.63) is 85.4 Å². The number of hydrazone groups is 1. The number of ether oxygens (including phenoxy) is 2. The molecule has 0 radical (unpaired) electrons. The number of nitrogens with one attached hydrogen (secondary N) is 2. The van der Waals surface area contributed by atoms with Gasteiger partial charge in [0.25, 0.3) is 5.91 Å². The van der Waals surface area contributed by atoms with Gasteiger partial charge >= 0.3 is 6.18 Å². The number of hydrogen-bond donors (Lipinski definition) is 2. The van der Waals surface area contributed by atoms with Gasteiger partial charge in [0.15, 0.2) is 11.5 Å². The van der Waals surface area contributed by atoms with Crippen molar-refractivity contribution in [1.82, 2.24) is 5.43 Å². The zero-order chi connectivity index (χ0) is 26.1. The van der Waals surface area contributed by atoms with Crippen LogP contribution in [-0.2, 0) is 17.6 Å². The molecule has 0 aliphatic heterocycles. The minimum absolute atomic E-state index is 0.179. The highest BCUT2D eigenvalue weighted by Gasteiger charge is 2.30. The summed E-state index contributed by atoms with van der Waals surface area (Å²) in [4.78, 5) is 12.1. The van der Waals surface area contributed by atoms with Gasteiger partial charge in [0, 0.05) is 10.2 Å². The standard InChI is InChI=1S/C25H22BrF3IN3O3/c1-2-35-22-11-17(10-21(30)24(22)36-15-16-6-8-19(26)9-7-16)13-32-33-23(34)14-31-20-5-3-4-18(12-20)25(27,28)29/h3-13,31H,2,14-15H2,1H3,(H,33,34)/b32-13-. The number of halogens is 5. The largest absolute Gasteiger partial charge is 0.490 e. The van der Waals surface area contributed by atoms with E-state index in [4.69, 9.17) is 9.47 Å². The third-order valence-corrected chi connectivity index (χ3v) is 6.00. The lowest BCUT2D eigenvalue weighted by Crippen LogP contribution is -2.26. The summed E-state index contributed by atoms with van der Waals surface area (Å²) in [6.07, 6.45) is -3.01. The van der Waals surface area contributed by atoms with E-state index in [1.165, 1.54) is 18.3 Å². The van der Waals surface area contributed by atoms with Gasteiger partial charge in [-0.15, -0.1) is 0 Å². The summed E-state index contributed by atoms with van der Waals surface area (Å²) in [5.41, 5.74) is 3.41. The third kappa shape index (κ3) is 8.40. The van der Waals surface area contributed by atoms with Crippen LogP contribution in [0, 0.1) is 3.57 Å². The molecule has 0 bridgehead atoms. The van der Waals surface area contributed by atoms with Gasteiger partial charge in [-0.25, -0.2) is 5.43 Å². The van der Waals surface area contributed by atoms with Crippen LogP contribution in [-0.4, -0.2) is 25.3 Å². The monoisotopic (exact) mass is 675 g/mol. The molecular weight excluding hydrogens is 654 g/mol. The summed E-state index contributed by atoms with van der Waals surface area (Å²) in [5, 5.41) is 6.59. The van der Waals surface area contributed by atoms with Crippen LogP contribution in [0.4, 0.5) is 18.9 Å². The molecule has 0 fully saturated rings. The molecule has 0 aliphatic rings. The highest BCUT2D eigenvalue weighted by atomic mass is 127. The Morgan fingerprint density at radius 2 is 1.86 bits per heavy atom. The normalized spacial score (nSPS) is 11.4. The first kappa shape index (κ1) is 27.8. The van der Waals surface area contributed by atoms with Crippen LogP contribution in [0.1, 0.15) is 23.6 Å². The quantitative estimate of drug-likeness (QED) is 0.144. The number of hydrogen-bond acceptors (Lipinski definition) is 5. The number of carbonyl (C=O) groups is 1. The zero-order valence-corrected chi connectivity index (χ0v) is 22.8. The molecule has 36 heavy (non-hydrogen) atoms. The number of carbonyl (C=O) groups excluding carboxylic acids is 1. The molecule has 6 nitrogen and oxygen atoms in total. The van der Waals surface area contributed by atoms with Crippen molar-refractivity contribution < 1.29 is 27.4 Å². The summed E-state index contributed by atoms with van der Waals surface area (Å²) >= 11 is 5.55. The van der Waals surface area contributed by atoms with Gasteiger partial charge in [-0.2, -0.15) is 18.3 Å². The Bertz CT molecular complexity index is 1220. The van der Waals surface area contributed by atoms with E-state index in [-0.39, 0.29) is 12.2 Å². The minimum atomic E-state index is -4.46. The van der Waals surface area contributed by atoms with Crippen LogP contribution in [0.2, 0.25) is 0 Å². The van der Waals surface area contributed by atoms with Crippen LogP contribution in [0.3, 0.4) is 0 Å². The average Bonchev–Trinajstić information content (AvgIpc) is 2.83. The second-order valence-corrected chi connectivity index (χ2v) is 9.48. The molecule has 0 unspecified atom stereocenters. The van der Waals surface area contributed by atoms with E-state index in [0.717, 1.165) is 25.7 Å². The number of alkyl halides is 3. The van der Waals surface area contributed by atoms with Gasteiger partial charge in [0.05, 0.1) is 28.5 Å². The van der Waals surface area contributed by atoms with E-state index in [1.807, 2.05) is 37.3 Å². The van der Waals surface area contributed by atoms with Gasteiger partial charge in [-0.05, 0) is 83.1 Å². The van der Waals surface area contributed by atoms with Crippen LogP contribution in [0.5, 0.6) is 11.5 Å². The Morgan fingerprint density at radius 3 is 2.56 bits per heavy atom. The lowest BCUT2D eigenvalue weighted by Gasteiger charge is -2.15. The van der Waals surface area contributed by atoms with Crippen LogP contribution in [0.25, 0.3) is 0 Å². The first-order valence-corrected chi connectivity index (χ1v) is 12.6. The zero-order valence-electron chi connectivity index (χ0n) is 19.0. The van der Waals surface area contributed by atoms with E-state index in [0.29, 0.717) is 30.3 Å². The Labute approximate surface area is 228 Å². The van der Waals surface area contributed by atoms with Crippen molar-refractivity contribution in [2.45, 2.75) is 19.7 Å². The van der Waals surface area contributed by atoms with Crippen LogP contribution < -0.4 is 20.2 Å². The van der Waals surface area contributed by atoms with Gasteiger partial charge in [0.1, 0.15) is 6.61 Å². The molecule has 0 heterocycles. The SMILES string of the molecule is CCOc1cc(/C=N\NC(=O)CNc2cccc(C(F)(F)F)c2)cc(I)c1OCc1ccc(Br)cc1. The Kier molecular flexibility index (Phi) is 9.99. The highest BCUT2D eigenvalue weighted by molar-refractivity contribution is 14.1. The fourth-order valence-electron chi connectivity index (χ4n) is 3.01. The van der Waals surface area contributed by atoms with E-state index in [9.17, 15) is 18.0 Å². The molecular formula is C25H22BrF3IN3O3. The Balaban J connectivity index is 1.59. The molecule has 3 rings (SSSR count). The molecule has 11 heteroatoms. The summed E-state index contributed by atoms with van der Waals surface area (Å²) in [7, 11) is 0. The first-order valence-electron chi connectivity index (χ1n) is 10.7. The minimum Gasteiger partial charge on any atom is -0.490 e. The van der Waals surface area contributed by atoms with Gasteiger partial charge in [-0.3, -0.25) is 4.79 Å². The first-order chi connectivity index (χ1) is 17.2. The molecule has 0 aromatic heterocycles.